The number of amides is 1. The van der Waals surface area contributed by atoms with Crippen molar-refractivity contribution in [3.63, 3.8) is 0 Å². The van der Waals surface area contributed by atoms with Crippen LogP contribution in [0.3, 0.4) is 0 Å². The van der Waals surface area contributed by atoms with Crippen molar-refractivity contribution in [2.45, 2.75) is 26.8 Å². The van der Waals surface area contributed by atoms with Gasteiger partial charge in [-0.1, -0.05) is 28.1 Å². The van der Waals surface area contributed by atoms with E-state index in [1.807, 2.05) is 69.3 Å². The second-order valence-corrected chi connectivity index (χ2v) is 8.84. The second-order valence-electron chi connectivity index (χ2n) is 7.93. The first kappa shape index (κ1) is 19.7. The molecule has 1 aliphatic heterocycles. The summed E-state index contributed by atoms with van der Waals surface area (Å²) in [6.45, 7) is 5.86. The van der Waals surface area contributed by atoms with Crippen molar-refractivity contribution < 1.29 is 9.21 Å². The Bertz CT molecular complexity index is 1420. The molecule has 0 unspecified atom stereocenters. The predicted molar refractivity (Wildman–Crippen MR) is 124 cm³/mol. The van der Waals surface area contributed by atoms with Crippen molar-refractivity contribution in [1.82, 2.24) is 4.98 Å². The number of nitrogens with zero attached hydrogens (tertiary/aromatic N) is 2. The van der Waals surface area contributed by atoms with Gasteiger partial charge in [0.1, 0.15) is 11.4 Å². The van der Waals surface area contributed by atoms with E-state index in [1.165, 1.54) is 0 Å². The highest BCUT2D eigenvalue weighted by Crippen LogP contribution is 2.41. The minimum absolute atomic E-state index is 0.0805. The van der Waals surface area contributed by atoms with Crippen LogP contribution in [0.25, 0.3) is 11.0 Å². The first-order chi connectivity index (χ1) is 14.8. The van der Waals surface area contributed by atoms with E-state index in [4.69, 9.17) is 4.42 Å². The Hall–Kier alpha value is -3.25. The largest absolute Gasteiger partial charge is 0.450 e. The molecule has 0 saturated heterocycles. The molecule has 5 rings (SSSR count). The van der Waals surface area contributed by atoms with E-state index in [-0.39, 0.29) is 17.1 Å². The summed E-state index contributed by atoms with van der Waals surface area (Å²) in [7, 11) is 0. The maximum absolute atomic E-state index is 13.7. The first-order valence-corrected chi connectivity index (χ1v) is 10.7. The van der Waals surface area contributed by atoms with E-state index >= 15 is 0 Å². The van der Waals surface area contributed by atoms with Gasteiger partial charge in [0.25, 0.3) is 5.91 Å². The quantitative estimate of drug-likeness (QED) is 0.377. The van der Waals surface area contributed by atoms with Gasteiger partial charge < -0.3 is 4.42 Å². The zero-order chi connectivity index (χ0) is 21.9. The number of anilines is 1. The molecule has 3 heterocycles. The third kappa shape index (κ3) is 3.10. The van der Waals surface area contributed by atoms with E-state index in [0.717, 1.165) is 26.7 Å². The summed E-state index contributed by atoms with van der Waals surface area (Å²) >= 11 is 3.46. The van der Waals surface area contributed by atoms with Gasteiger partial charge in [-0.3, -0.25) is 14.5 Å². The molecule has 2 aromatic heterocycles. The van der Waals surface area contributed by atoms with Crippen LogP contribution in [0.15, 0.2) is 68.4 Å². The summed E-state index contributed by atoms with van der Waals surface area (Å²) in [6, 6.07) is 14.4. The molecule has 0 N–H and O–H groups in total. The highest BCUT2D eigenvalue weighted by molar-refractivity contribution is 9.10. The summed E-state index contributed by atoms with van der Waals surface area (Å²) in [5.41, 5.74) is 4.38. The van der Waals surface area contributed by atoms with Crippen LogP contribution >= 0.6 is 15.9 Å². The number of benzene rings is 2. The minimum Gasteiger partial charge on any atom is -0.450 e. The highest BCUT2D eigenvalue weighted by Gasteiger charge is 2.44. The van der Waals surface area contributed by atoms with Gasteiger partial charge in [0.15, 0.2) is 5.43 Å². The third-order valence-electron chi connectivity index (χ3n) is 5.82. The fourth-order valence-electron chi connectivity index (χ4n) is 4.08. The molecule has 1 atom stereocenters. The molecule has 154 valence electrons. The summed E-state index contributed by atoms with van der Waals surface area (Å²) in [5.74, 6) is 0.204. The van der Waals surface area contributed by atoms with Gasteiger partial charge in [-0.25, -0.2) is 4.98 Å². The molecule has 0 radical (unpaired) electrons. The molecule has 0 spiro atoms. The number of carbonyl (C=O) groups is 1. The number of hydrogen-bond acceptors (Lipinski definition) is 4. The molecule has 0 aliphatic carbocycles. The van der Waals surface area contributed by atoms with Gasteiger partial charge in [-0.05, 0) is 79.4 Å². The minimum atomic E-state index is -0.618. The maximum atomic E-state index is 13.7. The Morgan fingerprint density at radius 2 is 1.68 bits per heavy atom. The lowest BCUT2D eigenvalue weighted by Gasteiger charge is -2.24. The Morgan fingerprint density at radius 3 is 2.39 bits per heavy atom. The fraction of sp³-hybridized carbons (Fsp3) is 0.160. The predicted octanol–water partition coefficient (Wildman–Crippen LogP) is 5.63. The van der Waals surface area contributed by atoms with Crippen LogP contribution in [-0.4, -0.2) is 10.9 Å². The molecule has 0 fully saturated rings. The van der Waals surface area contributed by atoms with Gasteiger partial charge in [0.05, 0.1) is 17.0 Å². The summed E-state index contributed by atoms with van der Waals surface area (Å²) in [6.07, 6.45) is 1.66. The summed E-state index contributed by atoms with van der Waals surface area (Å²) < 4.78 is 6.98. The normalized spacial score (nSPS) is 15.5. The smallest absolute Gasteiger partial charge is 0.296 e. The standard InChI is InChI=1S/C25H19BrN2O3/c1-13-8-9-27-20(10-13)28-22(16-4-6-17(26)7-5-16)21-23(29)18-11-14(2)15(3)12-19(18)31-24(21)25(28)30/h4-12,22H,1-3H3/t22-/m0/s1. The van der Waals surface area contributed by atoms with Crippen molar-refractivity contribution in [1.29, 1.82) is 0 Å². The number of hydrogen-bond donors (Lipinski definition) is 0. The van der Waals surface area contributed by atoms with Crippen LogP contribution in [0.5, 0.6) is 0 Å². The van der Waals surface area contributed by atoms with Gasteiger partial charge in [0, 0.05) is 10.7 Å². The van der Waals surface area contributed by atoms with Gasteiger partial charge in [-0.15, -0.1) is 0 Å². The first-order valence-electron chi connectivity index (χ1n) is 9.95. The molecule has 0 saturated carbocycles. The molecule has 31 heavy (non-hydrogen) atoms. The van der Waals surface area contributed by atoms with Crippen LogP contribution in [0.1, 0.15) is 44.4 Å². The van der Waals surface area contributed by atoms with Crippen molar-refractivity contribution in [3.05, 3.63) is 103 Å². The number of pyridine rings is 1. The Morgan fingerprint density at radius 1 is 0.968 bits per heavy atom. The zero-order valence-electron chi connectivity index (χ0n) is 17.3. The van der Waals surface area contributed by atoms with E-state index in [0.29, 0.717) is 22.4 Å². The third-order valence-corrected chi connectivity index (χ3v) is 6.35. The molecule has 5 nitrogen and oxygen atoms in total. The number of aryl methyl sites for hydroxylation is 3. The lowest BCUT2D eigenvalue weighted by atomic mass is 9.97. The summed E-state index contributed by atoms with van der Waals surface area (Å²) in [5, 5.41) is 0.482. The lowest BCUT2D eigenvalue weighted by molar-refractivity contribution is 0.0970. The zero-order valence-corrected chi connectivity index (χ0v) is 18.9. The van der Waals surface area contributed by atoms with Crippen molar-refractivity contribution in [2.24, 2.45) is 0 Å². The van der Waals surface area contributed by atoms with Crippen LogP contribution in [-0.2, 0) is 0 Å². The van der Waals surface area contributed by atoms with Crippen molar-refractivity contribution in [3.8, 4) is 0 Å². The van der Waals surface area contributed by atoms with Crippen LogP contribution < -0.4 is 10.3 Å². The molecular weight excluding hydrogens is 456 g/mol. The molecule has 4 aromatic rings. The molecule has 6 heteroatoms. The lowest BCUT2D eigenvalue weighted by Crippen LogP contribution is -2.30. The van der Waals surface area contributed by atoms with Crippen molar-refractivity contribution in [2.75, 3.05) is 4.90 Å². The van der Waals surface area contributed by atoms with Gasteiger partial charge in [0.2, 0.25) is 5.76 Å². The Kier molecular flexibility index (Phi) is 4.55. The van der Waals surface area contributed by atoms with Gasteiger partial charge in [-0.2, -0.15) is 0 Å². The summed E-state index contributed by atoms with van der Waals surface area (Å²) in [4.78, 5) is 33.2. The Labute approximate surface area is 187 Å². The SMILES string of the molecule is Cc1ccnc(N2C(=O)c3oc4cc(C)c(C)cc4c(=O)c3[C@@H]2c2ccc(Br)cc2)c1. The van der Waals surface area contributed by atoms with E-state index in [9.17, 15) is 9.59 Å². The Balaban J connectivity index is 1.83. The maximum Gasteiger partial charge on any atom is 0.296 e. The van der Waals surface area contributed by atoms with E-state index in [2.05, 4.69) is 20.9 Å². The monoisotopic (exact) mass is 474 g/mol. The van der Waals surface area contributed by atoms with Crippen LogP contribution in [0.2, 0.25) is 0 Å². The molecule has 1 aliphatic rings. The van der Waals surface area contributed by atoms with Crippen molar-refractivity contribution >= 4 is 38.6 Å². The topological polar surface area (TPSA) is 63.4 Å². The fourth-order valence-corrected chi connectivity index (χ4v) is 4.34. The number of fused-ring (bicyclic) bond motifs is 2. The van der Waals surface area contributed by atoms with E-state index < -0.39 is 6.04 Å². The average molecular weight is 475 g/mol. The highest BCUT2D eigenvalue weighted by atomic mass is 79.9. The van der Waals surface area contributed by atoms with E-state index in [1.54, 1.807) is 11.1 Å². The van der Waals surface area contributed by atoms with Crippen LogP contribution in [0.4, 0.5) is 5.82 Å². The van der Waals surface area contributed by atoms with Gasteiger partial charge >= 0.3 is 0 Å². The van der Waals surface area contributed by atoms with Crippen LogP contribution in [0, 0.1) is 20.8 Å². The molecule has 1 amide bonds. The second kappa shape index (κ2) is 7.17. The number of halogens is 1. The molecular formula is C25H19BrN2O3. The number of aromatic nitrogens is 1. The number of carbonyl (C=O) groups excluding carboxylic acids is 1. The number of rotatable bonds is 2. The molecule has 0 bridgehead atoms. The molecule has 2 aromatic carbocycles. The average Bonchev–Trinajstić information content (AvgIpc) is 3.03.